The van der Waals surface area contributed by atoms with Gasteiger partial charge in [-0.3, -0.25) is 0 Å². The van der Waals surface area contributed by atoms with E-state index in [1.54, 1.807) is 6.07 Å². The van der Waals surface area contributed by atoms with Crippen molar-refractivity contribution < 1.29 is 8.81 Å². The Bertz CT molecular complexity index is 555. The van der Waals surface area contributed by atoms with Gasteiger partial charge in [0.15, 0.2) is 0 Å². The van der Waals surface area contributed by atoms with E-state index in [-0.39, 0.29) is 17.9 Å². The highest BCUT2D eigenvalue weighted by Crippen LogP contribution is 2.21. The minimum Gasteiger partial charge on any atom is -0.406 e. The predicted molar refractivity (Wildman–Crippen MR) is 70.8 cm³/mol. The number of hydrogen-bond donors (Lipinski definition) is 2. The van der Waals surface area contributed by atoms with Crippen molar-refractivity contribution >= 4 is 11.7 Å². The molecule has 1 atom stereocenters. The zero-order chi connectivity index (χ0) is 13.8. The molecule has 6 heteroatoms. The SMILES string of the molecule is CCNC(C)c1nnc(Nc2ccc(C)cc2F)o1. The Balaban J connectivity index is 2.11. The fourth-order valence-corrected chi connectivity index (χ4v) is 1.69. The number of aryl methyl sites for hydroxylation is 1. The molecule has 0 spiro atoms. The van der Waals surface area contributed by atoms with Crippen molar-refractivity contribution in [2.24, 2.45) is 0 Å². The van der Waals surface area contributed by atoms with Crippen LogP contribution in [0.3, 0.4) is 0 Å². The van der Waals surface area contributed by atoms with Crippen LogP contribution in [0.25, 0.3) is 0 Å². The third-order valence-corrected chi connectivity index (χ3v) is 2.69. The molecular formula is C13H17FN4O. The van der Waals surface area contributed by atoms with Crippen molar-refractivity contribution in [2.75, 3.05) is 11.9 Å². The molecular weight excluding hydrogens is 247 g/mol. The van der Waals surface area contributed by atoms with Crippen molar-refractivity contribution in [3.63, 3.8) is 0 Å². The Hall–Kier alpha value is -1.95. The Morgan fingerprint density at radius 2 is 2.16 bits per heavy atom. The van der Waals surface area contributed by atoms with Gasteiger partial charge in [-0.15, -0.1) is 5.10 Å². The first-order chi connectivity index (χ1) is 9.10. The van der Waals surface area contributed by atoms with Crippen LogP contribution in [0.1, 0.15) is 31.3 Å². The summed E-state index contributed by atoms with van der Waals surface area (Å²) in [6, 6.07) is 5.05. The summed E-state index contributed by atoms with van der Waals surface area (Å²) in [4.78, 5) is 0. The van der Waals surface area contributed by atoms with Gasteiger partial charge in [0.25, 0.3) is 0 Å². The van der Waals surface area contributed by atoms with Gasteiger partial charge < -0.3 is 15.1 Å². The molecule has 1 unspecified atom stereocenters. The van der Waals surface area contributed by atoms with E-state index < -0.39 is 0 Å². The van der Waals surface area contributed by atoms with Crippen LogP contribution in [0.5, 0.6) is 0 Å². The number of benzene rings is 1. The van der Waals surface area contributed by atoms with Crippen molar-refractivity contribution in [2.45, 2.75) is 26.8 Å². The van der Waals surface area contributed by atoms with E-state index in [1.165, 1.54) is 6.07 Å². The average Bonchev–Trinajstić information content (AvgIpc) is 2.82. The molecule has 19 heavy (non-hydrogen) atoms. The molecule has 0 radical (unpaired) electrons. The van der Waals surface area contributed by atoms with Crippen molar-refractivity contribution in [3.05, 3.63) is 35.5 Å². The van der Waals surface area contributed by atoms with Crippen LogP contribution in [-0.2, 0) is 0 Å². The third-order valence-electron chi connectivity index (χ3n) is 2.69. The first-order valence-corrected chi connectivity index (χ1v) is 6.20. The smallest absolute Gasteiger partial charge is 0.320 e. The van der Waals surface area contributed by atoms with Crippen LogP contribution >= 0.6 is 0 Å². The van der Waals surface area contributed by atoms with E-state index in [0.717, 1.165) is 12.1 Å². The van der Waals surface area contributed by atoms with E-state index in [2.05, 4.69) is 20.8 Å². The van der Waals surface area contributed by atoms with Crippen LogP contribution in [0.2, 0.25) is 0 Å². The van der Waals surface area contributed by atoms with Crippen LogP contribution in [0, 0.1) is 12.7 Å². The number of rotatable bonds is 5. The maximum atomic E-state index is 13.7. The van der Waals surface area contributed by atoms with Gasteiger partial charge in [-0.25, -0.2) is 4.39 Å². The second-order valence-corrected chi connectivity index (χ2v) is 4.33. The highest BCUT2D eigenvalue weighted by molar-refractivity contribution is 5.53. The Morgan fingerprint density at radius 3 is 2.84 bits per heavy atom. The lowest BCUT2D eigenvalue weighted by Gasteiger charge is -2.06. The molecule has 0 amide bonds. The van der Waals surface area contributed by atoms with Crippen LogP contribution in [0.4, 0.5) is 16.1 Å². The van der Waals surface area contributed by atoms with E-state index in [0.29, 0.717) is 11.6 Å². The van der Waals surface area contributed by atoms with Gasteiger partial charge in [-0.2, -0.15) is 0 Å². The second-order valence-electron chi connectivity index (χ2n) is 4.33. The van der Waals surface area contributed by atoms with E-state index >= 15 is 0 Å². The van der Waals surface area contributed by atoms with Gasteiger partial charge in [-0.1, -0.05) is 18.1 Å². The summed E-state index contributed by atoms with van der Waals surface area (Å²) in [5, 5.41) is 13.7. The number of halogens is 1. The van der Waals surface area contributed by atoms with Crippen molar-refractivity contribution in [3.8, 4) is 0 Å². The van der Waals surface area contributed by atoms with Gasteiger partial charge >= 0.3 is 6.01 Å². The molecule has 1 aromatic heterocycles. The lowest BCUT2D eigenvalue weighted by molar-refractivity contribution is 0.430. The summed E-state index contributed by atoms with van der Waals surface area (Å²) in [6.07, 6.45) is 0. The number of hydrogen-bond acceptors (Lipinski definition) is 5. The summed E-state index contributed by atoms with van der Waals surface area (Å²) >= 11 is 0. The molecule has 2 aromatic rings. The van der Waals surface area contributed by atoms with Crippen molar-refractivity contribution in [1.29, 1.82) is 0 Å². The van der Waals surface area contributed by atoms with E-state index in [4.69, 9.17) is 4.42 Å². The summed E-state index contributed by atoms with van der Waals surface area (Å²) in [7, 11) is 0. The molecule has 0 aliphatic rings. The number of nitrogens with one attached hydrogen (secondary N) is 2. The summed E-state index contributed by atoms with van der Waals surface area (Å²) in [5.41, 5.74) is 1.17. The van der Waals surface area contributed by atoms with Crippen LogP contribution < -0.4 is 10.6 Å². The lowest BCUT2D eigenvalue weighted by Crippen LogP contribution is -2.17. The molecule has 1 aromatic carbocycles. The molecule has 2 rings (SSSR count). The molecule has 0 aliphatic carbocycles. The lowest BCUT2D eigenvalue weighted by atomic mass is 10.2. The molecule has 0 bridgehead atoms. The predicted octanol–water partition coefficient (Wildman–Crippen LogP) is 2.93. The zero-order valence-corrected chi connectivity index (χ0v) is 11.2. The van der Waals surface area contributed by atoms with E-state index in [1.807, 2.05) is 26.8 Å². The van der Waals surface area contributed by atoms with Gasteiger partial charge in [0.2, 0.25) is 5.89 Å². The maximum absolute atomic E-state index is 13.7. The van der Waals surface area contributed by atoms with Gasteiger partial charge in [-0.05, 0) is 38.1 Å². The number of nitrogens with zero attached hydrogens (tertiary/aromatic N) is 2. The maximum Gasteiger partial charge on any atom is 0.320 e. The summed E-state index contributed by atoms with van der Waals surface area (Å²) < 4.78 is 19.1. The molecule has 0 fully saturated rings. The Kier molecular flexibility index (Phi) is 4.11. The number of aromatic nitrogens is 2. The Morgan fingerprint density at radius 1 is 1.37 bits per heavy atom. The standard InChI is InChI=1S/C13H17FN4O/c1-4-15-9(3)12-17-18-13(19-12)16-11-6-5-8(2)7-10(11)14/h5-7,9,15H,4H2,1-3H3,(H,16,18). The van der Waals surface area contributed by atoms with Gasteiger partial charge in [0.1, 0.15) is 5.82 Å². The highest BCUT2D eigenvalue weighted by atomic mass is 19.1. The fourth-order valence-electron chi connectivity index (χ4n) is 1.69. The molecule has 2 N–H and O–H groups in total. The monoisotopic (exact) mass is 264 g/mol. The molecule has 0 saturated carbocycles. The number of anilines is 2. The molecule has 1 heterocycles. The first kappa shape index (κ1) is 13.5. The summed E-state index contributed by atoms with van der Waals surface area (Å²) in [6.45, 7) is 6.55. The largest absolute Gasteiger partial charge is 0.406 e. The third kappa shape index (κ3) is 3.29. The Labute approximate surface area is 111 Å². The molecule has 0 saturated heterocycles. The quantitative estimate of drug-likeness (QED) is 0.869. The second kappa shape index (κ2) is 5.79. The molecule has 102 valence electrons. The van der Waals surface area contributed by atoms with Gasteiger partial charge in [0, 0.05) is 0 Å². The highest BCUT2D eigenvalue weighted by Gasteiger charge is 2.13. The van der Waals surface area contributed by atoms with Crippen LogP contribution in [0.15, 0.2) is 22.6 Å². The minimum absolute atomic E-state index is 0.0316. The topological polar surface area (TPSA) is 63.0 Å². The normalized spacial score (nSPS) is 12.4. The molecule has 0 aliphatic heterocycles. The van der Waals surface area contributed by atoms with Gasteiger partial charge in [0.05, 0.1) is 11.7 Å². The summed E-state index contributed by atoms with van der Waals surface area (Å²) in [5.74, 6) is 0.122. The fraction of sp³-hybridized carbons (Fsp3) is 0.385. The zero-order valence-electron chi connectivity index (χ0n) is 11.2. The van der Waals surface area contributed by atoms with Crippen molar-refractivity contribution in [1.82, 2.24) is 15.5 Å². The van der Waals surface area contributed by atoms with Crippen LogP contribution in [-0.4, -0.2) is 16.7 Å². The average molecular weight is 264 g/mol. The first-order valence-electron chi connectivity index (χ1n) is 6.20. The minimum atomic E-state index is -0.348. The van der Waals surface area contributed by atoms with E-state index in [9.17, 15) is 4.39 Å². The molecule has 5 nitrogen and oxygen atoms in total.